The molecule has 5 N–H and O–H groups in total. The van der Waals surface area contributed by atoms with Crippen molar-refractivity contribution in [3.05, 3.63) is 52.6 Å². The molecule has 8 aliphatic carbocycles. The molecule has 11 heteroatoms. The maximum Gasteiger partial charge on any atom is 0.307 e. The van der Waals surface area contributed by atoms with E-state index in [9.17, 15) is 29.7 Å². The van der Waals surface area contributed by atoms with Crippen LogP contribution < -0.4 is 10.6 Å². The number of hydrogen-bond donors (Lipinski definition) is 4. The van der Waals surface area contributed by atoms with Crippen molar-refractivity contribution in [3.8, 4) is 0 Å². The zero-order valence-electron chi connectivity index (χ0n) is 42.2. The summed E-state index contributed by atoms with van der Waals surface area (Å²) >= 11 is 0. The Labute approximate surface area is 406 Å². The summed E-state index contributed by atoms with van der Waals surface area (Å²) in [5.74, 6) is 1.81. The third kappa shape index (κ3) is 8.87. The van der Waals surface area contributed by atoms with E-state index in [4.69, 9.17) is 19.9 Å². The summed E-state index contributed by atoms with van der Waals surface area (Å²) < 4.78 is 19.1. The van der Waals surface area contributed by atoms with Crippen molar-refractivity contribution in [3.63, 3.8) is 0 Å². The second-order valence-corrected chi connectivity index (χ2v) is 24.3. The van der Waals surface area contributed by atoms with Crippen LogP contribution in [0.5, 0.6) is 0 Å². The van der Waals surface area contributed by atoms with E-state index in [2.05, 4.69) is 70.8 Å². The van der Waals surface area contributed by atoms with Gasteiger partial charge in [-0.05, 0) is 203 Å². The number of carboxylic acid groups (broad SMARTS) is 1. The van der Waals surface area contributed by atoms with Crippen molar-refractivity contribution >= 4 is 23.4 Å². The topological polar surface area (TPSA) is 169 Å². The maximum absolute atomic E-state index is 12.6. The monoisotopic (exact) mass is 941 g/mol. The van der Waals surface area contributed by atoms with Gasteiger partial charge in [0.25, 0.3) is 0 Å². The molecule has 8 aliphatic rings. The highest BCUT2D eigenvalue weighted by Crippen LogP contribution is 2.70. The van der Waals surface area contributed by atoms with Gasteiger partial charge in [-0.1, -0.05) is 45.4 Å². The Morgan fingerprint density at radius 2 is 1.69 bits per heavy atom. The number of likely N-dealkylation sites (N-methyl/N-ethyl adjacent to an activating group) is 1. The molecule has 1 aromatic rings. The third-order valence-corrected chi connectivity index (χ3v) is 21.2. The van der Waals surface area contributed by atoms with Crippen LogP contribution in [-0.2, 0) is 28.6 Å². The minimum absolute atomic E-state index is 0.0149. The third-order valence-electron chi connectivity index (χ3n) is 21.2. The molecule has 0 heterocycles. The molecule has 9 rings (SSSR count). The molecule has 1 aromatic carbocycles. The van der Waals surface area contributed by atoms with Gasteiger partial charge in [0.15, 0.2) is 12.6 Å². The number of ether oxygens (including phenoxy) is 3. The minimum atomic E-state index is -0.769. The van der Waals surface area contributed by atoms with Crippen molar-refractivity contribution in [2.24, 2.45) is 69.3 Å². The Morgan fingerprint density at radius 3 is 2.44 bits per heavy atom. The molecule has 0 aromatic heterocycles. The number of hydrogen-bond acceptors (Lipinski definition) is 10. The lowest BCUT2D eigenvalue weighted by molar-refractivity contribution is -0.232. The van der Waals surface area contributed by atoms with Gasteiger partial charge in [-0.3, -0.25) is 14.4 Å². The number of ketones is 1. The first kappa shape index (κ1) is 49.9. The van der Waals surface area contributed by atoms with Gasteiger partial charge in [-0.2, -0.15) is 0 Å². The minimum Gasteiger partial charge on any atom is -0.481 e. The fourth-order valence-electron chi connectivity index (χ4n) is 17.1. The molecule has 376 valence electrons. The summed E-state index contributed by atoms with van der Waals surface area (Å²) in [6.45, 7) is 13.0. The van der Waals surface area contributed by atoms with E-state index in [-0.39, 0.29) is 95.3 Å². The molecule has 0 aliphatic heterocycles. The Bertz CT molecular complexity index is 2100. The highest BCUT2D eigenvalue weighted by Gasteiger charge is 2.66. The Balaban J connectivity index is 0.862. The number of carbonyl (C=O) groups is 3. The fraction of sp³-hybridized carbons (Fsp3) is 0.772. The second kappa shape index (κ2) is 19.5. The number of anilines is 1. The average molecular weight is 941 g/mol. The van der Waals surface area contributed by atoms with Crippen LogP contribution in [0.25, 0.3) is 0 Å². The number of benzene rings is 1. The Hall–Kier alpha value is -3.09. The summed E-state index contributed by atoms with van der Waals surface area (Å²) in [5.41, 5.74) is 11.2. The quantitative estimate of drug-likeness (QED) is 0.0920. The summed E-state index contributed by atoms with van der Waals surface area (Å²) in [4.78, 5) is 38.9. The maximum atomic E-state index is 12.6. The molecule has 2 unspecified atom stereocenters. The van der Waals surface area contributed by atoms with Crippen LogP contribution in [-0.4, -0.2) is 90.5 Å². The standard InChI is InChI=1S/C57H84N2O9/c1-34(9-20-50(62)63)44-18-19-46-53-47(31-49(61)57(44,46)5)54(2)23-21-40(29-37(54)30-48(53)67-33-68-51(64)8-7-25-58)66-27-26-59(6)38-13-10-35(11-14-38)43-32-55(3)45(22-24-56(55,4)65)42-16-12-36-28-39(60)15-17-41(36)52(42)43/h10-11,13-14,28,34,37,40,42-49,53,61,65H,7-9,12,15-27,29-33,58H2,1-6H3,(H,62,63)/t34-,37+,40+,42?,43-,44-,45?,46+,47+,48-,49+,53+,54+,55+,56+,57-/m1/s1. The van der Waals surface area contributed by atoms with Gasteiger partial charge >= 0.3 is 11.9 Å². The van der Waals surface area contributed by atoms with Crippen molar-refractivity contribution in [1.82, 2.24) is 0 Å². The number of rotatable bonds is 16. The zero-order valence-corrected chi connectivity index (χ0v) is 42.2. The summed E-state index contributed by atoms with van der Waals surface area (Å²) in [6.07, 6.45) is 15.9. The largest absolute Gasteiger partial charge is 0.481 e. The number of carboxylic acids is 1. The van der Waals surface area contributed by atoms with E-state index in [1.165, 1.54) is 16.7 Å². The summed E-state index contributed by atoms with van der Waals surface area (Å²) in [5, 5.41) is 33.6. The molecular weight excluding hydrogens is 857 g/mol. The van der Waals surface area contributed by atoms with E-state index in [1.54, 1.807) is 5.57 Å². The lowest BCUT2D eigenvalue weighted by atomic mass is 9.43. The molecule has 0 spiro atoms. The predicted molar refractivity (Wildman–Crippen MR) is 262 cm³/mol. The molecular formula is C57H84N2O9. The molecule has 11 nitrogen and oxygen atoms in total. The van der Waals surface area contributed by atoms with Crippen LogP contribution in [0.4, 0.5) is 5.69 Å². The van der Waals surface area contributed by atoms with E-state index >= 15 is 0 Å². The molecule has 0 radical (unpaired) electrons. The highest BCUT2D eigenvalue weighted by molar-refractivity contribution is 5.93. The van der Waals surface area contributed by atoms with E-state index in [0.29, 0.717) is 56.6 Å². The van der Waals surface area contributed by atoms with Gasteiger partial charge in [0.2, 0.25) is 0 Å². The molecule has 0 amide bonds. The highest BCUT2D eigenvalue weighted by atomic mass is 16.7. The van der Waals surface area contributed by atoms with E-state index in [1.807, 2.05) is 6.08 Å². The van der Waals surface area contributed by atoms with Crippen LogP contribution in [0.2, 0.25) is 0 Å². The van der Waals surface area contributed by atoms with Gasteiger partial charge in [-0.25, -0.2) is 0 Å². The summed E-state index contributed by atoms with van der Waals surface area (Å²) in [6, 6.07) is 9.15. The number of nitrogens with two attached hydrogens (primary N) is 1. The number of carbonyl (C=O) groups excluding carboxylic acids is 2. The zero-order chi connectivity index (χ0) is 48.3. The Kier molecular flexibility index (Phi) is 14.3. The number of allylic oxidation sites excluding steroid dienone is 4. The normalized spacial score (nSPS) is 41.0. The van der Waals surface area contributed by atoms with Crippen LogP contribution in [0.3, 0.4) is 0 Å². The first-order valence-electron chi connectivity index (χ1n) is 26.9. The lowest BCUT2D eigenvalue weighted by Gasteiger charge is -2.64. The number of aliphatic hydroxyl groups is 2. The first-order valence-corrected chi connectivity index (χ1v) is 26.9. The second-order valence-electron chi connectivity index (χ2n) is 24.3. The van der Waals surface area contributed by atoms with E-state index < -0.39 is 17.7 Å². The smallest absolute Gasteiger partial charge is 0.307 e. The van der Waals surface area contributed by atoms with Crippen molar-refractivity contribution < 1.29 is 43.9 Å². The van der Waals surface area contributed by atoms with Crippen LogP contribution in [0, 0.1) is 63.6 Å². The lowest BCUT2D eigenvalue weighted by Crippen LogP contribution is -2.63. The van der Waals surface area contributed by atoms with Crippen LogP contribution >= 0.6 is 0 Å². The van der Waals surface area contributed by atoms with Crippen LogP contribution in [0.1, 0.15) is 162 Å². The average Bonchev–Trinajstić information content (AvgIpc) is 3.79. The van der Waals surface area contributed by atoms with Gasteiger partial charge in [0, 0.05) is 49.9 Å². The fourth-order valence-corrected chi connectivity index (χ4v) is 17.1. The van der Waals surface area contributed by atoms with Crippen LogP contribution in [0.15, 0.2) is 47.1 Å². The number of esters is 1. The number of nitrogens with zero attached hydrogens (tertiary/aromatic N) is 1. The first-order chi connectivity index (χ1) is 32.4. The number of fused-ring (bicyclic) bond motifs is 9. The summed E-state index contributed by atoms with van der Waals surface area (Å²) in [7, 11) is 2.14. The van der Waals surface area contributed by atoms with Gasteiger partial charge < -0.3 is 40.2 Å². The number of aliphatic hydroxyl groups excluding tert-OH is 1. The molecule has 6 saturated carbocycles. The van der Waals surface area contributed by atoms with Gasteiger partial charge in [0.05, 0.1) is 30.5 Å². The number of aliphatic carboxylic acids is 1. The molecule has 0 saturated heterocycles. The Morgan fingerprint density at radius 1 is 0.912 bits per heavy atom. The predicted octanol–water partition coefficient (Wildman–Crippen LogP) is 9.52. The molecule has 68 heavy (non-hydrogen) atoms. The molecule has 6 fully saturated rings. The molecule has 16 atom stereocenters. The van der Waals surface area contributed by atoms with Gasteiger partial charge in [0.1, 0.15) is 0 Å². The molecule has 0 bridgehead atoms. The van der Waals surface area contributed by atoms with Crippen molar-refractivity contribution in [2.45, 2.75) is 180 Å². The SMILES string of the molecule is C[C@H](CCC(=O)O)[C@H]1CC[C@H]2[C@@H]3[C@H](OCOC(=O)CCCN)C[C@@H]4C[C@@H](OCCN(C)c5ccc([C@H]6C[C@@]7(C)C(CC[C@]7(C)O)C7CCC8=CC(=O)CCC8=C76)cc5)CC[C@]4(C)[C@H]3C[C@H](O)[C@]12C. The van der Waals surface area contributed by atoms with Crippen molar-refractivity contribution in [1.29, 1.82) is 0 Å². The van der Waals surface area contributed by atoms with E-state index in [0.717, 1.165) is 89.3 Å². The van der Waals surface area contributed by atoms with Crippen molar-refractivity contribution in [2.75, 3.05) is 38.4 Å². The van der Waals surface area contributed by atoms with Gasteiger partial charge in [-0.15, -0.1) is 0 Å².